The number of nitro benzene ring substituents is 1. The van der Waals surface area contributed by atoms with Crippen molar-refractivity contribution in [1.29, 1.82) is 0 Å². The largest absolute Gasteiger partial charge is 0.867 e. The van der Waals surface area contributed by atoms with E-state index in [1.54, 1.807) is 4.90 Å². The van der Waals surface area contributed by atoms with Crippen molar-refractivity contribution in [2.75, 3.05) is 11.4 Å². The second-order valence-corrected chi connectivity index (χ2v) is 6.32. The summed E-state index contributed by atoms with van der Waals surface area (Å²) in [4.78, 5) is 27.8. The second kappa shape index (κ2) is 7.53. The number of amides is 1. The third-order valence-electron chi connectivity index (χ3n) is 4.09. The van der Waals surface area contributed by atoms with Crippen LogP contribution in [0.3, 0.4) is 0 Å². The molecule has 134 valence electrons. The zero-order chi connectivity index (χ0) is 18.7. The fourth-order valence-corrected chi connectivity index (χ4v) is 3.00. The highest BCUT2D eigenvalue weighted by atomic mass is 35.5. The number of hydrogen-bond donors (Lipinski definition) is 0. The first kappa shape index (κ1) is 17.9. The van der Waals surface area contributed by atoms with E-state index in [0.29, 0.717) is 13.0 Å². The molecule has 0 aromatic heterocycles. The molecule has 1 aliphatic heterocycles. The zero-order valence-electron chi connectivity index (χ0n) is 13.7. The van der Waals surface area contributed by atoms with Crippen LogP contribution in [-0.2, 0) is 11.3 Å². The van der Waals surface area contributed by atoms with Crippen molar-refractivity contribution in [1.82, 2.24) is 0 Å². The van der Waals surface area contributed by atoms with Crippen molar-refractivity contribution in [3.8, 4) is 5.75 Å². The molecule has 3 rings (SSSR count). The summed E-state index contributed by atoms with van der Waals surface area (Å²) in [7, 11) is 0. The van der Waals surface area contributed by atoms with E-state index in [0.717, 1.165) is 30.3 Å². The number of carbonyl (C=O) groups is 1. The van der Waals surface area contributed by atoms with Crippen LogP contribution < -0.4 is 10.0 Å². The van der Waals surface area contributed by atoms with E-state index in [-0.39, 0.29) is 16.5 Å². The van der Waals surface area contributed by atoms with Crippen LogP contribution in [0.1, 0.15) is 24.0 Å². The third-order valence-corrected chi connectivity index (χ3v) is 4.30. The van der Waals surface area contributed by atoms with Crippen molar-refractivity contribution < 1.29 is 14.8 Å². The van der Waals surface area contributed by atoms with Gasteiger partial charge in [0.2, 0.25) is 5.91 Å². The van der Waals surface area contributed by atoms with Crippen molar-refractivity contribution in [3.63, 3.8) is 0 Å². The molecule has 2 aromatic rings. The van der Waals surface area contributed by atoms with Gasteiger partial charge < -0.3 is 10.0 Å². The van der Waals surface area contributed by atoms with Gasteiger partial charge in [0, 0.05) is 36.0 Å². The fraction of sp³-hybridized carbons (Fsp3) is 0.222. The second-order valence-electron chi connectivity index (χ2n) is 5.89. The van der Waals surface area contributed by atoms with Crippen LogP contribution >= 0.6 is 11.6 Å². The normalized spacial score (nSPS) is 14.3. The smallest absolute Gasteiger partial charge is 0.263 e. The molecule has 0 atom stereocenters. The van der Waals surface area contributed by atoms with Gasteiger partial charge in [0.15, 0.2) is 0 Å². The van der Waals surface area contributed by atoms with E-state index in [2.05, 4.69) is 4.99 Å². The summed E-state index contributed by atoms with van der Waals surface area (Å²) in [6.07, 6.45) is 2.74. The summed E-state index contributed by atoms with van der Waals surface area (Å²) in [6, 6.07) is 9.81. The molecule has 0 unspecified atom stereocenters. The number of carbonyl (C=O) groups excluding carboxylic acids is 1. The molecule has 1 aliphatic rings. The fourth-order valence-electron chi connectivity index (χ4n) is 2.78. The number of rotatable bonds is 5. The molecule has 0 aliphatic carbocycles. The Morgan fingerprint density at radius 2 is 2.00 bits per heavy atom. The van der Waals surface area contributed by atoms with Gasteiger partial charge in [-0.2, -0.15) is 0 Å². The van der Waals surface area contributed by atoms with E-state index < -0.39 is 16.4 Å². The summed E-state index contributed by atoms with van der Waals surface area (Å²) >= 11 is 5.82. The summed E-state index contributed by atoms with van der Waals surface area (Å²) in [5.41, 5.74) is 1.25. The highest BCUT2D eigenvalue weighted by Crippen LogP contribution is 2.30. The van der Waals surface area contributed by atoms with E-state index in [1.165, 1.54) is 12.3 Å². The highest BCUT2D eigenvalue weighted by Gasteiger charge is 2.21. The predicted octanol–water partition coefficient (Wildman–Crippen LogP) is 3.07. The monoisotopic (exact) mass is 372 g/mol. The molecule has 8 heteroatoms. The number of aliphatic imine (C=N–C) groups is 1. The average molecular weight is 373 g/mol. The summed E-state index contributed by atoms with van der Waals surface area (Å²) in [6.45, 7) is 1.03. The number of benzene rings is 2. The van der Waals surface area contributed by atoms with Gasteiger partial charge in [0.05, 0.1) is 11.5 Å². The molecule has 1 saturated heterocycles. The molecule has 7 nitrogen and oxygen atoms in total. The first-order valence-corrected chi connectivity index (χ1v) is 8.37. The molecular weight excluding hydrogens is 358 g/mol. The van der Waals surface area contributed by atoms with Crippen LogP contribution in [0, 0.1) is 10.1 Å². The maximum absolute atomic E-state index is 12.0. The van der Waals surface area contributed by atoms with Crippen LogP contribution in [-0.4, -0.2) is 23.6 Å². The lowest BCUT2D eigenvalue weighted by Gasteiger charge is -2.15. The third kappa shape index (κ3) is 3.83. The Labute approximate surface area is 154 Å². The Morgan fingerprint density at radius 1 is 1.27 bits per heavy atom. The molecule has 0 bridgehead atoms. The minimum atomic E-state index is -0.760. The molecular formula is C18H15ClN3O4-. The minimum absolute atomic E-state index is 0.0727. The van der Waals surface area contributed by atoms with E-state index in [4.69, 9.17) is 11.6 Å². The maximum Gasteiger partial charge on any atom is 0.263 e. The Balaban J connectivity index is 1.71. The Kier molecular flexibility index (Phi) is 5.18. The molecule has 26 heavy (non-hydrogen) atoms. The van der Waals surface area contributed by atoms with Crippen molar-refractivity contribution >= 4 is 35.1 Å². The quantitative estimate of drug-likeness (QED) is 0.457. The molecule has 0 radical (unpaired) electrons. The summed E-state index contributed by atoms with van der Waals surface area (Å²) < 4.78 is 0. The molecule has 0 N–H and O–H groups in total. The van der Waals surface area contributed by atoms with Gasteiger partial charge in [0.25, 0.3) is 5.69 Å². The summed E-state index contributed by atoms with van der Waals surface area (Å²) in [5.74, 6) is -0.590. The number of nitrogens with zero attached hydrogens (tertiary/aromatic N) is 3. The summed E-state index contributed by atoms with van der Waals surface area (Å²) in [5, 5.41) is 23.0. The van der Waals surface area contributed by atoms with Gasteiger partial charge in [-0.15, -0.1) is 0 Å². The van der Waals surface area contributed by atoms with Crippen LogP contribution in [0.25, 0.3) is 0 Å². The van der Waals surface area contributed by atoms with Gasteiger partial charge in [0.1, 0.15) is 0 Å². The van der Waals surface area contributed by atoms with E-state index in [1.807, 2.05) is 24.3 Å². The first-order valence-electron chi connectivity index (χ1n) is 8.00. The number of nitro groups is 1. The Morgan fingerprint density at radius 3 is 2.62 bits per heavy atom. The molecule has 1 heterocycles. The minimum Gasteiger partial charge on any atom is -0.867 e. The van der Waals surface area contributed by atoms with Crippen LogP contribution in [0.15, 0.2) is 41.4 Å². The lowest BCUT2D eigenvalue weighted by atomic mass is 10.1. The highest BCUT2D eigenvalue weighted by molar-refractivity contribution is 6.31. The Hall–Kier alpha value is -2.93. The lowest BCUT2D eigenvalue weighted by Crippen LogP contribution is -2.23. The van der Waals surface area contributed by atoms with Gasteiger partial charge >= 0.3 is 0 Å². The SMILES string of the molecule is O=C1CCCN1c1ccc(CN=Cc2cc(Cl)cc([N+](=O)[O-])c2[O-])cc1. The van der Waals surface area contributed by atoms with Crippen LogP contribution in [0.2, 0.25) is 5.02 Å². The van der Waals surface area contributed by atoms with Crippen LogP contribution in [0.4, 0.5) is 11.4 Å². The van der Waals surface area contributed by atoms with E-state index in [9.17, 15) is 20.0 Å². The van der Waals surface area contributed by atoms with Gasteiger partial charge in [-0.3, -0.25) is 19.9 Å². The van der Waals surface area contributed by atoms with E-state index >= 15 is 0 Å². The molecule has 0 saturated carbocycles. The molecule has 0 spiro atoms. The van der Waals surface area contributed by atoms with Gasteiger partial charge in [-0.05, 0) is 41.5 Å². The molecule has 1 amide bonds. The van der Waals surface area contributed by atoms with Crippen molar-refractivity contribution in [2.24, 2.45) is 4.99 Å². The van der Waals surface area contributed by atoms with Gasteiger partial charge in [-0.1, -0.05) is 23.7 Å². The standard InChI is InChI=1S/C18H16ClN3O4/c19-14-8-13(18(24)16(9-14)22(25)26)11-20-10-12-3-5-15(6-4-12)21-7-1-2-17(21)23/h3-6,8-9,11,24H,1-2,7,10H2/p-1. The van der Waals surface area contributed by atoms with Crippen molar-refractivity contribution in [3.05, 3.63) is 62.7 Å². The topological polar surface area (TPSA) is 98.9 Å². The Bertz CT molecular complexity index is 881. The maximum atomic E-state index is 12.0. The van der Waals surface area contributed by atoms with Crippen molar-refractivity contribution in [2.45, 2.75) is 19.4 Å². The average Bonchev–Trinajstić information content (AvgIpc) is 3.04. The number of hydrogen-bond acceptors (Lipinski definition) is 5. The van der Waals surface area contributed by atoms with Crippen LogP contribution in [0.5, 0.6) is 5.75 Å². The lowest BCUT2D eigenvalue weighted by molar-refractivity contribution is -0.398. The number of anilines is 1. The molecule has 1 fully saturated rings. The van der Waals surface area contributed by atoms with Gasteiger partial charge in [-0.25, -0.2) is 0 Å². The molecule has 2 aromatic carbocycles. The first-order chi connectivity index (χ1) is 12.5. The zero-order valence-corrected chi connectivity index (χ0v) is 14.5. The predicted molar refractivity (Wildman–Crippen MR) is 96.9 cm³/mol. The number of halogens is 1.